The lowest BCUT2D eigenvalue weighted by Gasteiger charge is -2.08. The third-order valence-corrected chi connectivity index (χ3v) is 3.72. The summed E-state index contributed by atoms with van der Waals surface area (Å²) in [5, 5.41) is 32.9. The largest absolute Gasteiger partial charge is 0.508 e. The molecule has 27 heavy (non-hydrogen) atoms. The zero-order valence-electron chi connectivity index (χ0n) is 14.4. The van der Waals surface area contributed by atoms with Crippen molar-refractivity contribution in [2.24, 2.45) is 0 Å². The quantitative estimate of drug-likeness (QED) is 0.447. The van der Waals surface area contributed by atoms with Gasteiger partial charge < -0.3 is 26.0 Å². The molecular weight excluding hydrogens is 352 g/mol. The first-order chi connectivity index (χ1) is 12.8. The summed E-state index contributed by atoms with van der Waals surface area (Å²) >= 11 is 0. The van der Waals surface area contributed by atoms with E-state index < -0.39 is 11.9 Å². The Labute approximate surface area is 155 Å². The van der Waals surface area contributed by atoms with Crippen molar-refractivity contribution in [3.63, 3.8) is 0 Å². The maximum Gasteiger partial charge on any atom is 0.335 e. The van der Waals surface area contributed by atoms with E-state index in [4.69, 9.17) is 5.11 Å². The molecular formula is C19H20N2O6. The lowest BCUT2D eigenvalue weighted by atomic mass is 10.1. The number of phenols is 2. The molecule has 2 aromatic carbocycles. The highest BCUT2D eigenvalue weighted by molar-refractivity contribution is 5.95. The van der Waals surface area contributed by atoms with Crippen LogP contribution in [-0.2, 0) is 11.3 Å². The van der Waals surface area contributed by atoms with Gasteiger partial charge in [0.25, 0.3) is 5.91 Å². The monoisotopic (exact) mass is 372 g/mol. The third kappa shape index (κ3) is 6.35. The molecule has 8 heteroatoms. The van der Waals surface area contributed by atoms with Gasteiger partial charge in [0.1, 0.15) is 11.5 Å². The number of carbonyl (C=O) groups is 3. The molecule has 0 saturated carbocycles. The lowest BCUT2D eigenvalue weighted by molar-refractivity contribution is -0.121. The van der Waals surface area contributed by atoms with Gasteiger partial charge in [-0.15, -0.1) is 0 Å². The molecule has 0 radical (unpaired) electrons. The molecule has 2 amide bonds. The number of hydrogen-bond acceptors (Lipinski definition) is 5. The molecule has 0 aliphatic carbocycles. The van der Waals surface area contributed by atoms with Gasteiger partial charge in [-0.2, -0.15) is 0 Å². The summed E-state index contributed by atoms with van der Waals surface area (Å²) in [6.07, 6.45) is 0.624. The molecule has 2 aromatic rings. The van der Waals surface area contributed by atoms with Crippen molar-refractivity contribution in [2.45, 2.75) is 19.4 Å². The maximum absolute atomic E-state index is 11.9. The molecule has 0 heterocycles. The van der Waals surface area contributed by atoms with Gasteiger partial charge in [0.15, 0.2) is 0 Å². The van der Waals surface area contributed by atoms with Crippen molar-refractivity contribution >= 4 is 17.8 Å². The number of amides is 2. The van der Waals surface area contributed by atoms with Crippen LogP contribution < -0.4 is 10.6 Å². The van der Waals surface area contributed by atoms with Gasteiger partial charge in [0.2, 0.25) is 5.91 Å². The second kappa shape index (κ2) is 9.23. The van der Waals surface area contributed by atoms with Crippen LogP contribution in [0.4, 0.5) is 0 Å². The Bertz CT molecular complexity index is 812. The molecule has 5 N–H and O–H groups in total. The van der Waals surface area contributed by atoms with E-state index >= 15 is 0 Å². The van der Waals surface area contributed by atoms with Crippen LogP contribution in [0, 0.1) is 0 Å². The SMILES string of the molecule is O=C(CCCNC(=O)c1cc(O)cc(O)c1)NCc1ccc(C(=O)O)cc1. The van der Waals surface area contributed by atoms with Gasteiger partial charge >= 0.3 is 5.97 Å². The van der Waals surface area contributed by atoms with Gasteiger partial charge in [-0.05, 0) is 36.2 Å². The number of rotatable bonds is 8. The van der Waals surface area contributed by atoms with Gasteiger partial charge in [-0.1, -0.05) is 12.1 Å². The number of aromatic hydroxyl groups is 2. The second-order valence-corrected chi connectivity index (χ2v) is 5.88. The highest BCUT2D eigenvalue weighted by Crippen LogP contribution is 2.20. The molecule has 0 saturated heterocycles. The number of carboxylic acid groups (broad SMARTS) is 1. The number of carbonyl (C=O) groups excluding carboxylic acids is 2. The molecule has 0 aliphatic rings. The Kier molecular flexibility index (Phi) is 6.76. The Morgan fingerprint density at radius 2 is 1.48 bits per heavy atom. The van der Waals surface area contributed by atoms with Crippen molar-refractivity contribution in [2.75, 3.05) is 6.54 Å². The standard InChI is InChI=1S/C19H20N2O6/c22-15-8-14(9-16(23)10-15)18(25)20-7-1-2-17(24)21-11-12-3-5-13(6-4-12)19(26)27/h3-6,8-10,22-23H,1-2,7,11H2,(H,20,25)(H,21,24)(H,26,27). The van der Waals surface area contributed by atoms with Crippen LogP contribution in [0.5, 0.6) is 11.5 Å². The van der Waals surface area contributed by atoms with Crippen LogP contribution in [0.2, 0.25) is 0 Å². The molecule has 0 unspecified atom stereocenters. The predicted octanol–water partition coefficient (Wildman–Crippen LogP) is 1.62. The summed E-state index contributed by atoms with van der Waals surface area (Å²) in [5.41, 5.74) is 1.09. The van der Waals surface area contributed by atoms with E-state index in [0.29, 0.717) is 6.42 Å². The highest BCUT2D eigenvalue weighted by Gasteiger charge is 2.09. The van der Waals surface area contributed by atoms with E-state index in [1.807, 2.05) is 0 Å². The van der Waals surface area contributed by atoms with Gasteiger partial charge in [-0.25, -0.2) is 4.79 Å². The zero-order chi connectivity index (χ0) is 19.8. The molecule has 0 fully saturated rings. The normalized spacial score (nSPS) is 10.2. The number of hydrogen-bond donors (Lipinski definition) is 5. The van der Waals surface area contributed by atoms with Crippen LogP contribution in [0.1, 0.15) is 39.1 Å². The van der Waals surface area contributed by atoms with Crippen LogP contribution in [0.25, 0.3) is 0 Å². The van der Waals surface area contributed by atoms with Crippen LogP contribution in [0.3, 0.4) is 0 Å². The van der Waals surface area contributed by atoms with E-state index in [-0.39, 0.29) is 48.0 Å². The first-order valence-corrected chi connectivity index (χ1v) is 8.25. The molecule has 0 bridgehead atoms. The average Bonchev–Trinajstić information content (AvgIpc) is 2.63. The van der Waals surface area contributed by atoms with Crippen molar-refractivity contribution in [3.8, 4) is 11.5 Å². The topological polar surface area (TPSA) is 136 Å². The Hall–Kier alpha value is -3.55. The van der Waals surface area contributed by atoms with Crippen LogP contribution in [0.15, 0.2) is 42.5 Å². The van der Waals surface area contributed by atoms with Gasteiger partial charge in [-0.3, -0.25) is 9.59 Å². The van der Waals surface area contributed by atoms with Gasteiger partial charge in [0.05, 0.1) is 5.56 Å². The van der Waals surface area contributed by atoms with Crippen LogP contribution in [-0.4, -0.2) is 39.6 Å². The number of aromatic carboxylic acids is 1. The minimum Gasteiger partial charge on any atom is -0.508 e. The molecule has 0 spiro atoms. The van der Waals surface area contributed by atoms with E-state index in [1.54, 1.807) is 12.1 Å². The first kappa shape index (κ1) is 19.8. The third-order valence-electron chi connectivity index (χ3n) is 3.72. The van der Waals surface area contributed by atoms with E-state index in [9.17, 15) is 24.6 Å². The Morgan fingerprint density at radius 3 is 2.07 bits per heavy atom. The van der Waals surface area contributed by atoms with E-state index in [0.717, 1.165) is 11.6 Å². The summed E-state index contributed by atoms with van der Waals surface area (Å²) < 4.78 is 0. The predicted molar refractivity (Wildman–Crippen MR) is 96.6 cm³/mol. The maximum atomic E-state index is 11.9. The molecule has 0 aliphatic heterocycles. The molecule has 0 aromatic heterocycles. The first-order valence-electron chi connectivity index (χ1n) is 8.25. The summed E-state index contributed by atoms with van der Waals surface area (Å²) in [6, 6.07) is 9.80. The fraction of sp³-hybridized carbons (Fsp3) is 0.211. The van der Waals surface area contributed by atoms with Gasteiger partial charge in [0, 0.05) is 31.1 Å². The van der Waals surface area contributed by atoms with Crippen molar-refractivity contribution in [1.82, 2.24) is 10.6 Å². The number of benzene rings is 2. The number of phenolic OH excluding ortho intramolecular Hbond substituents is 2. The smallest absolute Gasteiger partial charge is 0.335 e. The fourth-order valence-electron chi connectivity index (χ4n) is 2.33. The molecule has 8 nitrogen and oxygen atoms in total. The van der Waals surface area contributed by atoms with Crippen molar-refractivity contribution < 1.29 is 29.7 Å². The van der Waals surface area contributed by atoms with Crippen LogP contribution >= 0.6 is 0 Å². The number of nitrogens with one attached hydrogen (secondary N) is 2. The summed E-state index contributed by atoms with van der Waals surface area (Å²) in [7, 11) is 0. The lowest BCUT2D eigenvalue weighted by Crippen LogP contribution is -2.27. The van der Waals surface area contributed by atoms with Crippen molar-refractivity contribution in [1.29, 1.82) is 0 Å². The summed E-state index contributed by atoms with van der Waals surface area (Å²) in [5.74, 6) is -2.08. The minimum atomic E-state index is -1.01. The van der Waals surface area contributed by atoms with Crippen molar-refractivity contribution in [3.05, 3.63) is 59.2 Å². The summed E-state index contributed by atoms with van der Waals surface area (Å²) in [6.45, 7) is 0.545. The molecule has 2 rings (SSSR count). The zero-order valence-corrected chi connectivity index (χ0v) is 14.4. The number of carboxylic acids is 1. The van der Waals surface area contributed by atoms with E-state index in [1.165, 1.54) is 24.3 Å². The van der Waals surface area contributed by atoms with E-state index in [2.05, 4.69) is 10.6 Å². The Morgan fingerprint density at radius 1 is 0.852 bits per heavy atom. The Balaban J connectivity index is 1.68. The molecule has 142 valence electrons. The summed E-state index contributed by atoms with van der Waals surface area (Å²) in [4.78, 5) is 34.5. The second-order valence-electron chi connectivity index (χ2n) is 5.88. The highest BCUT2D eigenvalue weighted by atomic mass is 16.4. The molecule has 0 atom stereocenters. The minimum absolute atomic E-state index is 0.127. The fourth-order valence-corrected chi connectivity index (χ4v) is 2.33. The average molecular weight is 372 g/mol.